The van der Waals surface area contributed by atoms with Crippen LogP contribution < -0.4 is 4.90 Å². The molecule has 2 rings (SSSR count). The second kappa shape index (κ2) is 6.01. The van der Waals surface area contributed by atoms with E-state index in [1.54, 1.807) is 31.3 Å². The molecule has 0 N–H and O–H groups in total. The molecule has 2 aromatic rings. The molecule has 0 fully saturated rings. The van der Waals surface area contributed by atoms with Crippen LogP contribution in [-0.4, -0.2) is 12.0 Å². The van der Waals surface area contributed by atoms with E-state index in [1.807, 2.05) is 11.0 Å². The van der Waals surface area contributed by atoms with Crippen LogP contribution >= 0.6 is 0 Å². The van der Waals surface area contributed by atoms with E-state index in [2.05, 4.69) is 0 Å². The first-order valence-corrected chi connectivity index (χ1v) is 6.15. The van der Waals surface area contributed by atoms with Gasteiger partial charge in [0, 0.05) is 25.3 Å². The van der Waals surface area contributed by atoms with Gasteiger partial charge in [0.2, 0.25) is 0 Å². The van der Waals surface area contributed by atoms with Gasteiger partial charge in [-0.1, -0.05) is 0 Å². The molecular weight excluding hydrogens is 273 g/mol. The van der Waals surface area contributed by atoms with Crippen LogP contribution in [0.25, 0.3) is 0 Å². The molecular formula is C15H12FN3O2. The summed E-state index contributed by atoms with van der Waals surface area (Å²) in [5.74, 6) is -0.632. The second-order valence-electron chi connectivity index (χ2n) is 4.59. The molecule has 0 bridgehead atoms. The first kappa shape index (κ1) is 14.5. The number of nitro groups is 1. The Balaban J connectivity index is 2.20. The van der Waals surface area contributed by atoms with Crippen LogP contribution in [0.2, 0.25) is 0 Å². The van der Waals surface area contributed by atoms with Gasteiger partial charge >= 0.3 is 0 Å². The van der Waals surface area contributed by atoms with Crippen LogP contribution in [0.1, 0.15) is 11.1 Å². The van der Waals surface area contributed by atoms with Gasteiger partial charge in [-0.15, -0.1) is 0 Å². The monoisotopic (exact) mass is 285 g/mol. The number of halogens is 1. The summed E-state index contributed by atoms with van der Waals surface area (Å²) in [5.41, 5.74) is 1.63. The van der Waals surface area contributed by atoms with Gasteiger partial charge in [0.15, 0.2) is 0 Å². The van der Waals surface area contributed by atoms with Gasteiger partial charge in [-0.05, 0) is 35.9 Å². The van der Waals surface area contributed by atoms with Gasteiger partial charge in [0.25, 0.3) is 5.69 Å². The summed E-state index contributed by atoms with van der Waals surface area (Å²) < 4.78 is 13.4. The second-order valence-corrected chi connectivity index (χ2v) is 4.59. The summed E-state index contributed by atoms with van der Waals surface area (Å²) in [6.45, 7) is 0.324. The van der Waals surface area contributed by atoms with Crippen molar-refractivity contribution >= 4 is 11.4 Å². The number of nitrogens with zero attached hydrogens (tertiary/aromatic N) is 3. The van der Waals surface area contributed by atoms with Crippen LogP contribution in [-0.2, 0) is 6.54 Å². The number of hydrogen-bond donors (Lipinski definition) is 0. The first-order chi connectivity index (χ1) is 9.99. The lowest BCUT2D eigenvalue weighted by molar-refractivity contribution is -0.385. The topological polar surface area (TPSA) is 70.2 Å². The molecule has 0 amide bonds. The number of nitriles is 1. The summed E-state index contributed by atoms with van der Waals surface area (Å²) in [6, 6.07) is 12.4. The molecule has 0 saturated heterocycles. The van der Waals surface area contributed by atoms with Gasteiger partial charge in [-0.25, -0.2) is 4.39 Å². The Morgan fingerprint density at radius 3 is 2.52 bits per heavy atom. The van der Waals surface area contributed by atoms with E-state index in [4.69, 9.17) is 5.26 Å². The van der Waals surface area contributed by atoms with Crippen LogP contribution in [0, 0.1) is 27.3 Å². The highest BCUT2D eigenvalue weighted by Gasteiger charge is 2.11. The highest BCUT2D eigenvalue weighted by Crippen LogP contribution is 2.20. The summed E-state index contributed by atoms with van der Waals surface area (Å²) in [6.07, 6.45) is 0. The number of benzene rings is 2. The average molecular weight is 285 g/mol. The van der Waals surface area contributed by atoms with E-state index >= 15 is 0 Å². The minimum atomic E-state index is -0.632. The van der Waals surface area contributed by atoms with Crippen molar-refractivity contribution in [2.45, 2.75) is 6.54 Å². The molecule has 2 aromatic carbocycles. The molecule has 0 aromatic heterocycles. The lowest BCUT2D eigenvalue weighted by atomic mass is 10.1. The van der Waals surface area contributed by atoms with Gasteiger partial charge in [0.05, 0.1) is 22.6 Å². The summed E-state index contributed by atoms with van der Waals surface area (Å²) in [7, 11) is 1.79. The largest absolute Gasteiger partial charge is 0.370 e. The molecule has 6 heteroatoms. The molecule has 0 spiro atoms. The number of anilines is 1. The molecule has 0 aliphatic rings. The van der Waals surface area contributed by atoms with E-state index in [0.29, 0.717) is 17.7 Å². The molecule has 0 unspecified atom stereocenters. The average Bonchev–Trinajstić information content (AvgIpc) is 2.46. The summed E-state index contributed by atoms with van der Waals surface area (Å²) in [5, 5.41) is 19.5. The zero-order chi connectivity index (χ0) is 15.4. The summed E-state index contributed by atoms with van der Waals surface area (Å²) >= 11 is 0. The van der Waals surface area contributed by atoms with Crippen molar-refractivity contribution in [2.75, 3.05) is 11.9 Å². The van der Waals surface area contributed by atoms with Crippen LogP contribution in [0.4, 0.5) is 15.8 Å². The minimum absolute atomic E-state index is 0.266. The van der Waals surface area contributed by atoms with E-state index in [-0.39, 0.29) is 5.69 Å². The molecule has 5 nitrogen and oxygen atoms in total. The predicted octanol–water partition coefficient (Wildman–Crippen LogP) is 3.24. The van der Waals surface area contributed by atoms with Crippen molar-refractivity contribution < 1.29 is 9.31 Å². The third-order valence-corrected chi connectivity index (χ3v) is 3.01. The van der Waals surface area contributed by atoms with E-state index < -0.39 is 10.7 Å². The number of rotatable bonds is 4. The third-order valence-electron chi connectivity index (χ3n) is 3.01. The molecule has 21 heavy (non-hydrogen) atoms. The van der Waals surface area contributed by atoms with E-state index in [9.17, 15) is 14.5 Å². The standard InChI is InChI=1S/C15H12FN3O2/c1-18(14-4-2-11(9-17)3-5-14)10-12-6-13(16)8-15(7-12)19(20)21/h2-8H,10H2,1H3. The fourth-order valence-corrected chi connectivity index (χ4v) is 1.99. The van der Waals surface area contributed by atoms with Crippen molar-refractivity contribution in [3.63, 3.8) is 0 Å². The zero-order valence-electron chi connectivity index (χ0n) is 11.3. The highest BCUT2D eigenvalue weighted by atomic mass is 19.1. The maximum atomic E-state index is 13.4. The lowest BCUT2D eigenvalue weighted by Gasteiger charge is -2.19. The smallest absolute Gasteiger partial charge is 0.272 e. The van der Waals surface area contributed by atoms with E-state index in [0.717, 1.165) is 11.8 Å². The Morgan fingerprint density at radius 1 is 1.29 bits per heavy atom. The van der Waals surface area contributed by atoms with Crippen LogP contribution in [0.3, 0.4) is 0 Å². The Hall–Kier alpha value is -2.94. The molecule has 0 radical (unpaired) electrons. The minimum Gasteiger partial charge on any atom is -0.370 e. The first-order valence-electron chi connectivity index (χ1n) is 6.15. The third kappa shape index (κ3) is 3.54. The molecule has 106 valence electrons. The molecule has 0 aliphatic carbocycles. The number of non-ortho nitro benzene ring substituents is 1. The fourth-order valence-electron chi connectivity index (χ4n) is 1.99. The zero-order valence-corrected chi connectivity index (χ0v) is 11.3. The van der Waals surface area contributed by atoms with Crippen LogP contribution in [0.15, 0.2) is 42.5 Å². The Morgan fingerprint density at radius 2 is 1.95 bits per heavy atom. The molecule has 0 aliphatic heterocycles. The SMILES string of the molecule is CN(Cc1cc(F)cc([N+](=O)[O-])c1)c1ccc(C#N)cc1. The Labute approximate surface area is 121 Å². The van der Waals surface area contributed by atoms with E-state index in [1.165, 1.54) is 12.1 Å². The lowest BCUT2D eigenvalue weighted by Crippen LogP contribution is -2.16. The van der Waals surface area contributed by atoms with Gasteiger partial charge < -0.3 is 4.90 Å². The van der Waals surface area contributed by atoms with Crippen molar-refractivity contribution in [3.8, 4) is 6.07 Å². The van der Waals surface area contributed by atoms with Crippen molar-refractivity contribution in [2.24, 2.45) is 0 Å². The quantitative estimate of drug-likeness (QED) is 0.638. The maximum Gasteiger partial charge on any atom is 0.272 e. The maximum absolute atomic E-state index is 13.4. The number of nitro benzene ring substituents is 1. The Bertz CT molecular complexity index is 708. The van der Waals surface area contributed by atoms with Crippen molar-refractivity contribution in [3.05, 3.63) is 69.5 Å². The molecule has 0 atom stereocenters. The fraction of sp³-hybridized carbons (Fsp3) is 0.133. The number of hydrogen-bond acceptors (Lipinski definition) is 4. The van der Waals surface area contributed by atoms with Gasteiger partial charge in [-0.3, -0.25) is 10.1 Å². The molecule has 0 heterocycles. The normalized spacial score (nSPS) is 9.95. The van der Waals surface area contributed by atoms with Crippen LogP contribution in [0.5, 0.6) is 0 Å². The van der Waals surface area contributed by atoms with Crippen molar-refractivity contribution in [1.82, 2.24) is 0 Å². The van der Waals surface area contributed by atoms with Gasteiger partial charge in [-0.2, -0.15) is 5.26 Å². The predicted molar refractivity (Wildman–Crippen MR) is 76.3 cm³/mol. The highest BCUT2D eigenvalue weighted by molar-refractivity contribution is 5.50. The van der Waals surface area contributed by atoms with Gasteiger partial charge in [0.1, 0.15) is 5.82 Å². The van der Waals surface area contributed by atoms with Crippen molar-refractivity contribution in [1.29, 1.82) is 5.26 Å². The molecule has 0 saturated carbocycles. The summed E-state index contributed by atoms with van der Waals surface area (Å²) in [4.78, 5) is 11.9. The Kier molecular flexibility index (Phi) is 4.14.